The van der Waals surface area contributed by atoms with Crippen LogP contribution in [-0.4, -0.2) is 67.9 Å². The quantitative estimate of drug-likeness (QED) is 0.520. The summed E-state index contributed by atoms with van der Waals surface area (Å²) in [5.74, 6) is -0.930. The van der Waals surface area contributed by atoms with E-state index in [1.807, 2.05) is 0 Å². The average Bonchev–Trinajstić information content (AvgIpc) is 2.27. The Morgan fingerprint density at radius 2 is 1.89 bits per heavy atom. The molecular formula is C10H22N2O5S. The van der Waals surface area contributed by atoms with Crippen molar-refractivity contribution in [3.8, 4) is 0 Å². The Morgan fingerprint density at radius 1 is 1.39 bits per heavy atom. The van der Waals surface area contributed by atoms with Crippen molar-refractivity contribution in [3.63, 3.8) is 0 Å². The van der Waals surface area contributed by atoms with Crippen LogP contribution in [0.25, 0.3) is 0 Å². The average molecular weight is 282 g/mol. The Hall–Kier alpha value is -0.700. The number of carbonyl (C=O) groups excluding carboxylic acids is 1. The van der Waals surface area contributed by atoms with E-state index in [1.54, 1.807) is 0 Å². The molecule has 1 amide bonds. The van der Waals surface area contributed by atoms with Gasteiger partial charge < -0.3 is 15.5 Å². The first kappa shape index (κ1) is 17.3. The monoisotopic (exact) mass is 282 g/mol. The van der Waals surface area contributed by atoms with Crippen molar-refractivity contribution < 1.29 is 23.4 Å². The van der Waals surface area contributed by atoms with Crippen molar-refractivity contribution in [2.45, 2.75) is 20.0 Å². The zero-order valence-electron chi connectivity index (χ0n) is 11.2. The lowest BCUT2D eigenvalue weighted by molar-refractivity contribution is -0.136. The van der Waals surface area contributed by atoms with Crippen LogP contribution in [0.4, 0.5) is 0 Å². The Labute approximate surface area is 108 Å². The largest absolute Gasteiger partial charge is 0.396 e. The van der Waals surface area contributed by atoms with Gasteiger partial charge in [0.05, 0.1) is 12.4 Å². The van der Waals surface area contributed by atoms with Crippen LogP contribution in [0.5, 0.6) is 0 Å². The van der Waals surface area contributed by atoms with Gasteiger partial charge in [0.15, 0.2) is 0 Å². The Bertz CT molecular complexity index is 378. The zero-order chi connectivity index (χ0) is 14.6. The van der Waals surface area contributed by atoms with Gasteiger partial charge in [-0.25, -0.2) is 12.7 Å². The molecule has 8 heteroatoms. The second kappa shape index (κ2) is 6.46. The van der Waals surface area contributed by atoms with E-state index in [9.17, 15) is 18.3 Å². The molecule has 0 bridgehead atoms. The lowest BCUT2D eigenvalue weighted by Gasteiger charge is -2.27. The third kappa shape index (κ3) is 4.89. The summed E-state index contributed by atoms with van der Waals surface area (Å²) in [6.07, 6.45) is -1.38. The number of hydrogen-bond acceptors (Lipinski definition) is 5. The second-order valence-corrected chi connectivity index (χ2v) is 7.24. The third-order valence-corrected chi connectivity index (χ3v) is 4.44. The van der Waals surface area contributed by atoms with Gasteiger partial charge >= 0.3 is 0 Å². The third-order valence-electron chi connectivity index (χ3n) is 2.61. The highest BCUT2D eigenvalue weighted by Crippen LogP contribution is 2.19. The minimum Gasteiger partial charge on any atom is -0.396 e. The number of hydrogen-bond donors (Lipinski definition) is 3. The maximum atomic E-state index is 11.5. The van der Waals surface area contributed by atoms with Crippen LogP contribution in [0, 0.1) is 5.41 Å². The number of sulfonamides is 1. The van der Waals surface area contributed by atoms with E-state index in [2.05, 4.69) is 5.32 Å². The molecule has 0 aliphatic rings. The molecule has 18 heavy (non-hydrogen) atoms. The lowest BCUT2D eigenvalue weighted by atomic mass is 9.87. The topological polar surface area (TPSA) is 107 Å². The van der Waals surface area contributed by atoms with Gasteiger partial charge in [-0.2, -0.15) is 0 Å². The van der Waals surface area contributed by atoms with Crippen molar-refractivity contribution in [3.05, 3.63) is 0 Å². The van der Waals surface area contributed by atoms with E-state index < -0.39 is 27.4 Å². The van der Waals surface area contributed by atoms with Crippen LogP contribution in [0.3, 0.4) is 0 Å². The normalized spacial score (nSPS) is 14.6. The molecule has 0 aromatic carbocycles. The smallest absolute Gasteiger partial charge is 0.249 e. The highest BCUT2D eigenvalue weighted by Gasteiger charge is 2.32. The molecule has 0 aliphatic carbocycles. The lowest BCUT2D eigenvalue weighted by Crippen LogP contribution is -2.46. The molecule has 0 fully saturated rings. The van der Waals surface area contributed by atoms with Gasteiger partial charge in [-0.05, 0) is 0 Å². The minimum absolute atomic E-state index is 0.0854. The van der Waals surface area contributed by atoms with Crippen molar-refractivity contribution >= 4 is 15.9 Å². The molecule has 3 N–H and O–H groups in total. The van der Waals surface area contributed by atoms with Gasteiger partial charge in [0, 0.05) is 26.1 Å². The van der Waals surface area contributed by atoms with Gasteiger partial charge in [0.25, 0.3) is 0 Å². The van der Waals surface area contributed by atoms with E-state index in [4.69, 9.17) is 5.11 Å². The summed E-state index contributed by atoms with van der Waals surface area (Å²) < 4.78 is 23.9. The number of aliphatic hydroxyl groups excluding tert-OH is 2. The molecule has 0 aliphatic heterocycles. The van der Waals surface area contributed by atoms with Crippen LogP contribution in [0.2, 0.25) is 0 Å². The number of rotatable bonds is 7. The number of nitrogens with zero attached hydrogens (tertiary/aromatic N) is 1. The molecule has 0 radical (unpaired) electrons. The predicted molar refractivity (Wildman–Crippen MR) is 67.4 cm³/mol. The van der Waals surface area contributed by atoms with Crippen LogP contribution in [0.1, 0.15) is 13.8 Å². The molecule has 0 aromatic heterocycles. The summed E-state index contributed by atoms with van der Waals surface area (Å²) in [5, 5.41) is 21.0. The predicted octanol–water partition coefficient (Wildman–Crippen LogP) is -1.63. The molecule has 0 aromatic rings. The molecule has 108 valence electrons. The number of aliphatic hydroxyl groups is 2. The maximum absolute atomic E-state index is 11.5. The van der Waals surface area contributed by atoms with Crippen LogP contribution >= 0.6 is 0 Å². The summed E-state index contributed by atoms with van der Waals surface area (Å²) in [6.45, 7) is 2.64. The van der Waals surface area contributed by atoms with Gasteiger partial charge in [-0.3, -0.25) is 4.79 Å². The second-order valence-electron chi connectivity index (χ2n) is 4.94. The molecule has 7 nitrogen and oxygen atoms in total. The Morgan fingerprint density at radius 3 is 2.28 bits per heavy atom. The SMILES string of the molecule is CN(C)S(=O)(=O)CCNC(=O)[C@@H](O)C(C)(C)CO. The van der Waals surface area contributed by atoms with Crippen LogP contribution in [0.15, 0.2) is 0 Å². The first-order valence-corrected chi connectivity index (χ1v) is 7.12. The van der Waals surface area contributed by atoms with Crippen LogP contribution in [-0.2, 0) is 14.8 Å². The van der Waals surface area contributed by atoms with E-state index >= 15 is 0 Å². The molecule has 0 heterocycles. The number of carbonyl (C=O) groups is 1. The summed E-state index contributed by atoms with van der Waals surface area (Å²) in [5.41, 5.74) is -0.968. The molecule has 1 atom stereocenters. The van der Waals surface area contributed by atoms with Gasteiger partial charge in [0.1, 0.15) is 6.10 Å². The number of amides is 1. The van der Waals surface area contributed by atoms with Crippen molar-refractivity contribution in [1.29, 1.82) is 0 Å². The molecule has 0 unspecified atom stereocenters. The molecular weight excluding hydrogens is 260 g/mol. The van der Waals surface area contributed by atoms with Crippen LogP contribution < -0.4 is 5.32 Å². The van der Waals surface area contributed by atoms with Crippen molar-refractivity contribution in [2.24, 2.45) is 5.41 Å². The minimum atomic E-state index is -3.37. The summed E-state index contributed by atoms with van der Waals surface area (Å²) in [6, 6.07) is 0. The highest BCUT2D eigenvalue weighted by molar-refractivity contribution is 7.89. The number of nitrogens with one attached hydrogen (secondary N) is 1. The standard InChI is InChI=1S/C10H22N2O5S/c1-10(2,7-13)8(14)9(15)11-5-6-18(16,17)12(3)4/h8,13-14H,5-7H2,1-4H3,(H,11,15)/t8-/m1/s1. The molecule has 0 spiro atoms. The first-order valence-electron chi connectivity index (χ1n) is 5.51. The summed E-state index contributed by atoms with van der Waals surface area (Å²) in [7, 11) is -0.566. The van der Waals surface area contributed by atoms with E-state index in [0.29, 0.717) is 0 Å². The van der Waals surface area contributed by atoms with Gasteiger partial charge in [-0.15, -0.1) is 0 Å². The highest BCUT2D eigenvalue weighted by atomic mass is 32.2. The van der Waals surface area contributed by atoms with Crippen molar-refractivity contribution in [1.82, 2.24) is 9.62 Å². The maximum Gasteiger partial charge on any atom is 0.249 e. The fraction of sp³-hybridized carbons (Fsp3) is 0.900. The van der Waals surface area contributed by atoms with E-state index in [-0.39, 0.29) is 18.9 Å². The summed E-state index contributed by atoms with van der Waals surface area (Å²) >= 11 is 0. The Kier molecular flexibility index (Phi) is 6.21. The van der Waals surface area contributed by atoms with Crippen molar-refractivity contribution in [2.75, 3.05) is 33.0 Å². The summed E-state index contributed by atoms with van der Waals surface area (Å²) in [4.78, 5) is 11.5. The fourth-order valence-corrected chi connectivity index (χ4v) is 1.75. The zero-order valence-corrected chi connectivity index (χ0v) is 12.0. The van der Waals surface area contributed by atoms with Gasteiger partial charge in [0.2, 0.25) is 15.9 Å². The molecule has 0 saturated heterocycles. The molecule has 0 rings (SSSR count). The van der Waals surface area contributed by atoms with Gasteiger partial charge in [-0.1, -0.05) is 13.8 Å². The molecule has 0 saturated carbocycles. The Balaban J connectivity index is 4.30. The van der Waals surface area contributed by atoms with E-state index in [0.717, 1.165) is 4.31 Å². The van der Waals surface area contributed by atoms with E-state index in [1.165, 1.54) is 27.9 Å². The fourth-order valence-electron chi connectivity index (χ4n) is 1.02. The first-order chi connectivity index (χ1) is 8.04.